The van der Waals surface area contributed by atoms with Gasteiger partial charge in [-0.15, -0.1) is 0 Å². The van der Waals surface area contributed by atoms with Gasteiger partial charge in [-0.25, -0.2) is 0 Å². The summed E-state index contributed by atoms with van der Waals surface area (Å²) in [7, 11) is -0.422. The molecule has 0 atom stereocenters. The Morgan fingerprint density at radius 3 is 2.38 bits per heavy atom. The summed E-state index contributed by atoms with van der Waals surface area (Å²) in [5.41, 5.74) is 2.12. The average Bonchev–Trinajstić information content (AvgIpc) is 2.67. The Hall–Kier alpha value is -1.34. The fraction of sp³-hybridized carbons (Fsp3) is 0.526. The second kappa shape index (κ2) is 9.04. The number of morpholine rings is 1. The van der Waals surface area contributed by atoms with Crippen molar-refractivity contribution in [2.75, 3.05) is 39.4 Å². The van der Waals surface area contributed by atoms with Crippen LogP contribution < -0.4 is 0 Å². The lowest BCUT2D eigenvalue weighted by Crippen LogP contribution is -2.43. The van der Waals surface area contributed by atoms with Gasteiger partial charge in [-0.1, -0.05) is 23.7 Å². The predicted octanol–water partition coefficient (Wildman–Crippen LogP) is 2.40. The molecule has 0 aromatic heterocycles. The zero-order valence-electron chi connectivity index (χ0n) is 15.2. The van der Waals surface area contributed by atoms with Gasteiger partial charge in [-0.05, 0) is 61.9 Å². The minimum absolute atomic E-state index is 0.0520. The fourth-order valence-electron chi connectivity index (χ4n) is 3.67. The van der Waals surface area contributed by atoms with Gasteiger partial charge in [0.25, 0.3) is 0 Å². The topological polar surface area (TPSA) is 53.0 Å². The predicted molar refractivity (Wildman–Crippen MR) is 105 cm³/mol. The number of piperidine rings is 1. The van der Waals surface area contributed by atoms with E-state index >= 15 is 0 Å². The highest BCUT2D eigenvalue weighted by Crippen LogP contribution is 2.33. The van der Waals surface area contributed by atoms with E-state index in [1.165, 1.54) is 0 Å². The largest absolute Gasteiger partial charge is 0.437 e. The lowest BCUT2D eigenvalue weighted by Gasteiger charge is -2.34. The van der Waals surface area contributed by atoms with Crippen LogP contribution in [0.25, 0.3) is 5.57 Å². The molecule has 2 saturated heterocycles. The third kappa shape index (κ3) is 4.89. The molecular formula is C19H26BClN2O3. The van der Waals surface area contributed by atoms with Gasteiger partial charge in [0.2, 0.25) is 5.91 Å². The molecule has 1 amide bonds. The third-order valence-electron chi connectivity index (χ3n) is 5.28. The minimum atomic E-state index is -0.422. The number of halogens is 1. The molecule has 3 rings (SSSR count). The van der Waals surface area contributed by atoms with Crippen LogP contribution in [-0.2, 0) is 9.53 Å². The number of nitrogens with zero attached hydrogens (tertiary/aromatic N) is 2. The van der Waals surface area contributed by atoms with Crippen LogP contribution >= 0.6 is 11.6 Å². The van der Waals surface area contributed by atoms with Gasteiger partial charge in [0.1, 0.15) is 0 Å². The highest BCUT2D eigenvalue weighted by atomic mass is 35.5. The summed E-state index contributed by atoms with van der Waals surface area (Å²) >= 11 is 6.04. The summed E-state index contributed by atoms with van der Waals surface area (Å²) in [6.07, 6.45) is 3.66. The first-order chi connectivity index (χ1) is 12.5. The molecule has 140 valence electrons. The van der Waals surface area contributed by atoms with Gasteiger partial charge in [0, 0.05) is 24.2 Å². The maximum Gasteiger partial charge on any atom is 0.376 e. The zero-order chi connectivity index (χ0) is 18.5. The van der Waals surface area contributed by atoms with Gasteiger partial charge in [0.05, 0.1) is 13.2 Å². The Morgan fingerprint density at radius 2 is 1.81 bits per heavy atom. The molecule has 1 aromatic rings. The number of carbonyl (C=O) groups excluding carboxylic acids is 1. The molecule has 26 heavy (non-hydrogen) atoms. The summed E-state index contributed by atoms with van der Waals surface area (Å²) < 4.78 is 5.34. The summed E-state index contributed by atoms with van der Waals surface area (Å²) in [6.45, 7) is 5.95. The normalized spacial score (nSPS) is 20.3. The molecule has 2 fully saturated rings. The van der Waals surface area contributed by atoms with E-state index < -0.39 is 7.05 Å². The zero-order valence-corrected chi connectivity index (χ0v) is 16.0. The molecule has 1 aromatic carbocycles. The van der Waals surface area contributed by atoms with E-state index in [0.29, 0.717) is 37.2 Å². The van der Waals surface area contributed by atoms with Crippen molar-refractivity contribution in [3.8, 4) is 0 Å². The van der Waals surface area contributed by atoms with Crippen LogP contribution in [0.4, 0.5) is 0 Å². The third-order valence-corrected chi connectivity index (χ3v) is 5.53. The van der Waals surface area contributed by atoms with Crippen molar-refractivity contribution in [3.63, 3.8) is 0 Å². The smallest absolute Gasteiger partial charge is 0.376 e. The number of rotatable bonds is 4. The summed E-state index contributed by atoms with van der Waals surface area (Å²) in [6, 6.07) is 7.72. The van der Waals surface area contributed by atoms with Crippen molar-refractivity contribution < 1.29 is 14.6 Å². The van der Waals surface area contributed by atoms with Crippen LogP contribution in [0.1, 0.15) is 18.4 Å². The average molecular weight is 377 g/mol. The Bertz CT molecular complexity index is 637. The van der Waals surface area contributed by atoms with Gasteiger partial charge in [-0.3, -0.25) is 4.79 Å². The van der Waals surface area contributed by atoms with E-state index in [1.807, 2.05) is 29.2 Å². The first kappa shape index (κ1) is 19.4. The number of carbonyl (C=O) groups is 1. The summed E-state index contributed by atoms with van der Waals surface area (Å²) in [5, 5.41) is 10.5. The van der Waals surface area contributed by atoms with Gasteiger partial charge >= 0.3 is 7.05 Å². The van der Waals surface area contributed by atoms with Crippen molar-refractivity contribution in [2.24, 2.45) is 5.92 Å². The van der Waals surface area contributed by atoms with Crippen LogP contribution in [0.3, 0.4) is 0 Å². The molecule has 7 heteroatoms. The molecule has 0 bridgehead atoms. The molecule has 1 N–H and O–H groups in total. The summed E-state index contributed by atoms with van der Waals surface area (Å²) in [5.74, 6) is 0.354. The van der Waals surface area contributed by atoms with Crippen molar-refractivity contribution in [3.05, 3.63) is 40.9 Å². The van der Waals surface area contributed by atoms with E-state index in [1.54, 1.807) is 12.9 Å². The van der Waals surface area contributed by atoms with E-state index in [4.69, 9.17) is 16.3 Å². The van der Waals surface area contributed by atoms with Crippen molar-refractivity contribution in [1.82, 2.24) is 9.71 Å². The Balaban J connectivity index is 1.81. The standard InChI is InChI=1S/C19H26BClN2O3/c1-20(25)23-8-6-16(7-9-23)18(15-2-4-17(21)5-3-15)14-19(24)22-10-12-26-13-11-22/h2-5,14,16,25H,6-13H2,1H3. The first-order valence-corrected chi connectivity index (χ1v) is 9.68. The Labute approximate surface area is 160 Å². The number of hydrogen-bond donors (Lipinski definition) is 1. The van der Waals surface area contributed by atoms with E-state index in [2.05, 4.69) is 4.81 Å². The molecule has 2 aliphatic rings. The number of benzene rings is 1. The van der Waals surface area contributed by atoms with Crippen LogP contribution in [-0.4, -0.2) is 67.1 Å². The number of ether oxygens (including phenoxy) is 1. The maximum atomic E-state index is 12.8. The second-order valence-corrected chi connectivity index (χ2v) is 7.42. The molecule has 0 spiro atoms. The lowest BCUT2D eigenvalue weighted by molar-refractivity contribution is -0.129. The number of hydrogen-bond acceptors (Lipinski definition) is 4. The highest BCUT2D eigenvalue weighted by molar-refractivity contribution is 6.45. The van der Waals surface area contributed by atoms with Gasteiger partial charge in [0.15, 0.2) is 0 Å². The molecule has 0 radical (unpaired) electrons. The van der Waals surface area contributed by atoms with Crippen molar-refractivity contribution in [1.29, 1.82) is 0 Å². The molecule has 5 nitrogen and oxygen atoms in total. The molecule has 0 unspecified atom stereocenters. The molecule has 2 aliphatic heterocycles. The van der Waals surface area contributed by atoms with Gasteiger partial charge in [-0.2, -0.15) is 0 Å². The quantitative estimate of drug-likeness (QED) is 0.648. The number of amides is 1. The molecular weight excluding hydrogens is 350 g/mol. The molecule has 0 saturated carbocycles. The van der Waals surface area contributed by atoms with Crippen LogP contribution in [0.15, 0.2) is 30.3 Å². The maximum absolute atomic E-state index is 12.8. The SMILES string of the molecule is CB(O)N1CCC(C(=CC(=O)N2CCOCC2)c2ccc(Cl)cc2)CC1. The van der Waals surface area contributed by atoms with E-state index in [-0.39, 0.29) is 5.91 Å². The van der Waals surface area contributed by atoms with Gasteiger partial charge < -0.3 is 19.5 Å². The van der Waals surface area contributed by atoms with E-state index in [9.17, 15) is 9.82 Å². The first-order valence-electron chi connectivity index (χ1n) is 9.31. The second-order valence-electron chi connectivity index (χ2n) is 6.99. The highest BCUT2D eigenvalue weighted by Gasteiger charge is 2.27. The molecule has 0 aliphatic carbocycles. The molecule has 2 heterocycles. The van der Waals surface area contributed by atoms with Crippen LogP contribution in [0.2, 0.25) is 11.8 Å². The van der Waals surface area contributed by atoms with E-state index in [0.717, 1.165) is 37.1 Å². The fourth-order valence-corrected chi connectivity index (χ4v) is 3.80. The lowest BCUT2D eigenvalue weighted by atomic mass is 9.78. The number of allylic oxidation sites excluding steroid dienone is 1. The minimum Gasteiger partial charge on any atom is -0.437 e. The Morgan fingerprint density at radius 1 is 1.19 bits per heavy atom. The van der Waals surface area contributed by atoms with Crippen LogP contribution in [0.5, 0.6) is 0 Å². The Kier molecular flexibility index (Phi) is 6.76. The van der Waals surface area contributed by atoms with Crippen molar-refractivity contribution in [2.45, 2.75) is 19.7 Å². The van der Waals surface area contributed by atoms with Crippen molar-refractivity contribution >= 4 is 30.1 Å². The van der Waals surface area contributed by atoms with Crippen LogP contribution in [0, 0.1) is 5.92 Å². The summed E-state index contributed by atoms with van der Waals surface area (Å²) in [4.78, 5) is 16.7. The monoisotopic (exact) mass is 376 g/mol.